The molecular weight excluding hydrogens is 182 g/mol. The van der Waals surface area contributed by atoms with Gasteiger partial charge in [0.25, 0.3) is 5.91 Å². The molecule has 0 saturated heterocycles. The molecule has 0 unspecified atom stereocenters. The number of amides is 1. The molecule has 2 N–H and O–H groups in total. The fraction of sp³-hybridized carbons (Fsp3) is 0.500. The minimum Gasteiger partial charge on any atom is -0.469 e. The van der Waals surface area contributed by atoms with Crippen molar-refractivity contribution in [3.8, 4) is 0 Å². The fourth-order valence-corrected chi connectivity index (χ4v) is 1.10. The first-order chi connectivity index (χ1) is 6.74. The quantitative estimate of drug-likeness (QED) is 0.694. The number of aliphatic hydroxyl groups is 1. The lowest BCUT2D eigenvalue weighted by atomic mass is 10.3. The van der Waals surface area contributed by atoms with Crippen molar-refractivity contribution in [3.05, 3.63) is 23.7 Å². The van der Waals surface area contributed by atoms with Crippen molar-refractivity contribution in [2.45, 2.75) is 19.8 Å². The van der Waals surface area contributed by atoms with Crippen LogP contribution >= 0.6 is 0 Å². The van der Waals surface area contributed by atoms with E-state index in [-0.39, 0.29) is 12.5 Å². The van der Waals surface area contributed by atoms with Crippen LogP contribution in [0.15, 0.2) is 16.7 Å². The Morgan fingerprint density at radius 2 is 2.36 bits per heavy atom. The van der Waals surface area contributed by atoms with Crippen molar-refractivity contribution in [1.82, 2.24) is 5.32 Å². The maximum Gasteiger partial charge on any atom is 0.254 e. The number of carbonyl (C=O) groups excluding carboxylic acids is 1. The summed E-state index contributed by atoms with van der Waals surface area (Å²) < 4.78 is 5.01. The van der Waals surface area contributed by atoms with E-state index in [2.05, 4.69) is 5.32 Å². The maximum absolute atomic E-state index is 11.4. The van der Waals surface area contributed by atoms with Crippen LogP contribution < -0.4 is 5.32 Å². The molecular formula is C10H15NO3. The first-order valence-corrected chi connectivity index (χ1v) is 4.68. The highest BCUT2D eigenvalue weighted by Crippen LogP contribution is 2.05. The predicted octanol–water partition coefficient (Wildman–Crippen LogP) is 1.09. The van der Waals surface area contributed by atoms with Gasteiger partial charge in [-0.3, -0.25) is 4.79 Å². The standard InChI is InChI=1S/C10H15NO3/c1-8-6-9(7-14-8)10(13)11-4-2-3-5-12/h6-7,12H,2-5H2,1H3,(H,11,13). The van der Waals surface area contributed by atoms with Crippen molar-refractivity contribution < 1.29 is 14.3 Å². The molecule has 14 heavy (non-hydrogen) atoms. The highest BCUT2D eigenvalue weighted by atomic mass is 16.3. The van der Waals surface area contributed by atoms with Gasteiger partial charge in [0.2, 0.25) is 0 Å². The van der Waals surface area contributed by atoms with E-state index in [9.17, 15) is 4.79 Å². The molecule has 1 heterocycles. The maximum atomic E-state index is 11.4. The van der Waals surface area contributed by atoms with Gasteiger partial charge in [0.05, 0.1) is 5.56 Å². The minimum absolute atomic E-state index is 0.125. The molecule has 1 rings (SSSR count). The Kier molecular flexibility index (Phi) is 4.19. The van der Waals surface area contributed by atoms with Gasteiger partial charge in [-0.05, 0) is 25.8 Å². The molecule has 0 aliphatic carbocycles. The number of nitrogens with one attached hydrogen (secondary N) is 1. The topological polar surface area (TPSA) is 62.5 Å². The number of aryl methyl sites for hydroxylation is 1. The van der Waals surface area contributed by atoms with Crippen molar-refractivity contribution in [2.75, 3.05) is 13.2 Å². The van der Waals surface area contributed by atoms with Gasteiger partial charge < -0.3 is 14.8 Å². The van der Waals surface area contributed by atoms with Crippen LogP contribution in [0.1, 0.15) is 29.0 Å². The van der Waals surface area contributed by atoms with Gasteiger partial charge in [0.15, 0.2) is 0 Å². The second kappa shape index (κ2) is 5.44. The second-order valence-corrected chi connectivity index (χ2v) is 3.13. The molecule has 4 heteroatoms. The molecule has 0 saturated carbocycles. The Bertz CT molecular complexity index is 293. The summed E-state index contributed by atoms with van der Waals surface area (Å²) in [6.07, 6.45) is 2.94. The molecule has 1 aromatic heterocycles. The van der Waals surface area contributed by atoms with Crippen LogP contribution in [0.3, 0.4) is 0 Å². The van der Waals surface area contributed by atoms with E-state index in [4.69, 9.17) is 9.52 Å². The zero-order valence-electron chi connectivity index (χ0n) is 8.25. The Balaban J connectivity index is 2.29. The van der Waals surface area contributed by atoms with Crippen molar-refractivity contribution in [3.63, 3.8) is 0 Å². The smallest absolute Gasteiger partial charge is 0.254 e. The number of unbranched alkanes of at least 4 members (excludes halogenated alkanes) is 1. The molecule has 78 valence electrons. The Morgan fingerprint density at radius 1 is 1.57 bits per heavy atom. The van der Waals surface area contributed by atoms with E-state index in [1.807, 2.05) is 0 Å². The normalized spacial score (nSPS) is 10.1. The molecule has 0 radical (unpaired) electrons. The summed E-state index contributed by atoms with van der Waals surface area (Å²) in [5.41, 5.74) is 0.548. The van der Waals surface area contributed by atoms with Crippen LogP contribution in [0.2, 0.25) is 0 Å². The fourth-order valence-electron chi connectivity index (χ4n) is 1.10. The van der Waals surface area contributed by atoms with Gasteiger partial charge in [-0.2, -0.15) is 0 Å². The first kappa shape index (κ1) is 10.8. The predicted molar refractivity (Wildman–Crippen MR) is 52.1 cm³/mol. The van der Waals surface area contributed by atoms with E-state index in [1.165, 1.54) is 6.26 Å². The molecule has 0 atom stereocenters. The lowest BCUT2D eigenvalue weighted by Crippen LogP contribution is -2.24. The van der Waals surface area contributed by atoms with Gasteiger partial charge in [0.1, 0.15) is 12.0 Å². The van der Waals surface area contributed by atoms with Gasteiger partial charge >= 0.3 is 0 Å². The van der Waals surface area contributed by atoms with Crippen molar-refractivity contribution in [2.24, 2.45) is 0 Å². The average Bonchev–Trinajstić information content (AvgIpc) is 2.59. The molecule has 0 fully saturated rings. The minimum atomic E-state index is -0.125. The van der Waals surface area contributed by atoms with Crippen LogP contribution in [0.25, 0.3) is 0 Å². The Morgan fingerprint density at radius 3 is 2.93 bits per heavy atom. The third kappa shape index (κ3) is 3.22. The molecule has 0 aliphatic rings. The van der Waals surface area contributed by atoms with Gasteiger partial charge in [-0.1, -0.05) is 0 Å². The number of hydrogen-bond donors (Lipinski definition) is 2. The number of aliphatic hydroxyl groups excluding tert-OH is 1. The Labute approximate surface area is 82.9 Å². The molecule has 0 aromatic carbocycles. The number of furan rings is 1. The van der Waals surface area contributed by atoms with Crippen LogP contribution in [0.5, 0.6) is 0 Å². The number of rotatable bonds is 5. The SMILES string of the molecule is Cc1cc(C(=O)NCCCCO)co1. The van der Waals surface area contributed by atoms with Gasteiger partial charge in [0, 0.05) is 13.2 Å². The van der Waals surface area contributed by atoms with Crippen LogP contribution in [0, 0.1) is 6.92 Å². The summed E-state index contributed by atoms with van der Waals surface area (Å²) >= 11 is 0. The second-order valence-electron chi connectivity index (χ2n) is 3.13. The summed E-state index contributed by atoms with van der Waals surface area (Å²) in [5.74, 6) is 0.602. The molecule has 1 aromatic rings. The molecule has 1 amide bonds. The average molecular weight is 197 g/mol. The van der Waals surface area contributed by atoms with Crippen LogP contribution in [-0.2, 0) is 0 Å². The van der Waals surface area contributed by atoms with Gasteiger partial charge in [-0.15, -0.1) is 0 Å². The highest BCUT2D eigenvalue weighted by Gasteiger charge is 2.06. The summed E-state index contributed by atoms with van der Waals surface area (Å²) in [6, 6.07) is 1.70. The van der Waals surface area contributed by atoms with Crippen LogP contribution in [-0.4, -0.2) is 24.2 Å². The lowest BCUT2D eigenvalue weighted by Gasteiger charge is -2.01. The molecule has 0 bridgehead atoms. The third-order valence-corrected chi connectivity index (χ3v) is 1.86. The molecule has 4 nitrogen and oxygen atoms in total. The largest absolute Gasteiger partial charge is 0.469 e. The lowest BCUT2D eigenvalue weighted by molar-refractivity contribution is 0.0951. The zero-order valence-corrected chi connectivity index (χ0v) is 8.25. The van der Waals surface area contributed by atoms with E-state index in [1.54, 1.807) is 13.0 Å². The highest BCUT2D eigenvalue weighted by molar-refractivity contribution is 5.93. The monoisotopic (exact) mass is 197 g/mol. The van der Waals surface area contributed by atoms with E-state index in [0.717, 1.165) is 12.2 Å². The zero-order chi connectivity index (χ0) is 10.4. The van der Waals surface area contributed by atoms with E-state index in [0.29, 0.717) is 18.5 Å². The van der Waals surface area contributed by atoms with Gasteiger partial charge in [-0.25, -0.2) is 0 Å². The number of hydrogen-bond acceptors (Lipinski definition) is 3. The summed E-state index contributed by atoms with van der Waals surface area (Å²) in [7, 11) is 0. The van der Waals surface area contributed by atoms with E-state index < -0.39 is 0 Å². The van der Waals surface area contributed by atoms with Crippen molar-refractivity contribution in [1.29, 1.82) is 0 Å². The molecule has 0 aliphatic heterocycles. The molecule has 0 spiro atoms. The first-order valence-electron chi connectivity index (χ1n) is 4.68. The Hall–Kier alpha value is -1.29. The number of carbonyl (C=O) groups is 1. The summed E-state index contributed by atoms with van der Waals surface area (Å²) in [6.45, 7) is 2.55. The summed E-state index contributed by atoms with van der Waals surface area (Å²) in [5, 5.41) is 11.3. The van der Waals surface area contributed by atoms with Crippen LogP contribution in [0.4, 0.5) is 0 Å². The van der Waals surface area contributed by atoms with E-state index >= 15 is 0 Å². The van der Waals surface area contributed by atoms with Crippen molar-refractivity contribution >= 4 is 5.91 Å². The summed E-state index contributed by atoms with van der Waals surface area (Å²) in [4.78, 5) is 11.4. The third-order valence-electron chi connectivity index (χ3n) is 1.86.